The molecule has 2 fully saturated rings. The van der Waals surface area contributed by atoms with Gasteiger partial charge in [0.1, 0.15) is 5.82 Å². The molecule has 1 amide bonds. The molecule has 0 unspecified atom stereocenters. The minimum Gasteiger partial charge on any atom is -0.381 e. The van der Waals surface area contributed by atoms with E-state index in [9.17, 15) is 4.79 Å². The normalized spacial score (nSPS) is 25.9. The van der Waals surface area contributed by atoms with Crippen LogP contribution in [-0.2, 0) is 9.53 Å². The van der Waals surface area contributed by atoms with Crippen LogP contribution in [-0.4, -0.2) is 52.8 Å². The summed E-state index contributed by atoms with van der Waals surface area (Å²) in [6, 6.07) is 0. The number of carbonyl (C=O) groups excluding carboxylic acids is 1. The lowest BCUT2D eigenvalue weighted by atomic mass is 10.00. The molecule has 2 saturated heterocycles. The molecule has 0 spiro atoms. The van der Waals surface area contributed by atoms with Gasteiger partial charge in [0.15, 0.2) is 5.82 Å². The first-order valence-electron chi connectivity index (χ1n) is 6.48. The number of likely N-dealkylation sites (tertiary alicyclic amines) is 1. The number of aromatic nitrogens is 3. The average molecular weight is 250 g/mol. The third-order valence-corrected chi connectivity index (χ3v) is 3.83. The Balaban J connectivity index is 1.71. The van der Waals surface area contributed by atoms with Crippen LogP contribution in [0.3, 0.4) is 0 Å². The zero-order valence-electron chi connectivity index (χ0n) is 10.6. The summed E-state index contributed by atoms with van der Waals surface area (Å²) >= 11 is 0. The van der Waals surface area contributed by atoms with Crippen molar-refractivity contribution in [3.8, 4) is 0 Å². The minimum atomic E-state index is 0.146. The van der Waals surface area contributed by atoms with Crippen molar-refractivity contribution in [1.82, 2.24) is 20.1 Å². The monoisotopic (exact) mass is 250 g/mol. The number of nitrogens with zero attached hydrogens (tertiary/aromatic N) is 3. The van der Waals surface area contributed by atoms with Crippen LogP contribution in [0.25, 0.3) is 0 Å². The summed E-state index contributed by atoms with van der Waals surface area (Å²) in [4.78, 5) is 17.8. The summed E-state index contributed by atoms with van der Waals surface area (Å²) in [5, 5.41) is 7.32. The van der Waals surface area contributed by atoms with Crippen molar-refractivity contribution in [3.05, 3.63) is 11.6 Å². The highest BCUT2D eigenvalue weighted by Crippen LogP contribution is 2.28. The van der Waals surface area contributed by atoms with E-state index in [1.807, 2.05) is 7.05 Å². The molecule has 1 atom stereocenters. The summed E-state index contributed by atoms with van der Waals surface area (Å²) in [5.74, 6) is 2.49. The molecule has 3 heterocycles. The van der Waals surface area contributed by atoms with Crippen LogP contribution in [0.5, 0.6) is 0 Å². The molecule has 0 radical (unpaired) electrons. The lowest BCUT2D eigenvalue weighted by molar-refractivity contribution is -0.126. The minimum absolute atomic E-state index is 0.146. The van der Waals surface area contributed by atoms with Gasteiger partial charge in [-0.15, -0.1) is 0 Å². The van der Waals surface area contributed by atoms with Crippen molar-refractivity contribution in [3.63, 3.8) is 0 Å². The van der Waals surface area contributed by atoms with Gasteiger partial charge in [0.2, 0.25) is 5.91 Å². The Hall–Kier alpha value is -1.43. The molecule has 0 bridgehead atoms. The van der Waals surface area contributed by atoms with Gasteiger partial charge in [-0.25, -0.2) is 4.98 Å². The van der Waals surface area contributed by atoms with E-state index in [0.29, 0.717) is 12.3 Å². The number of H-pyrrole nitrogens is 1. The molecule has 0 aromatic carbocycles. The lowest BCUT2D eigenvalue weighted by Crippen LogP contribution is -2.18. The van der Waals surface area contributed by atoms with Crippen LogP contribution in [0.4, 0.5) is 0 Å². The highest BCUT2D eigenvalue weighted by Gasteiger charge is 2.31. The van der Waals surface area contributed by atoms with E-state index in [4.69, 9.17) is 4.74 Å². The predicted octanol–water partition coefficient (Wildman–Crippen LogP) is 0.644. The highest BCUT2D eigenvalue weighted by atomic mass is 16.5. The Labute approximate surface area is 106 Å². The van der Waals surface area contributed by atoms with Gasteiger partial charge in [-0.1, -0.05) is 0 Å². The largest absolute Gasteiger partial charge is 0.381 e. The molecule has 3 rings (SSSR count). The number of carbonyl (C=O) groups is 1. The Morgan fingerprint density at radius 2 is 2.11 bits per heavy atom. The Kier molecular flexibility index (Phi) is 3.03. The predicted molar refractivity (Wildman–Crippen MR) is 64.2 cm³/mol. The Bertz CT molecular complexity index is 439. The Morgan fingerprint density at radius 3 is 2.78 bits per heavy atom. The number of amides is 1. The molecule has 1 N–H and O–H groups in total. The average Bonchev–Trinajstić information content (AvgIpc) is 2.99. The van der Waals surface area contributed by atoms with Gasteiger partial charge in [0.05, 0.1) is 0 Å². The van der Waals surface area contributed by atoms with Crippen LogP contribution in [0, 0.1) is 0 Å². The molecule has 18 heavy (non-hydrogen) atoms. The number of ether oxygens (including phenoxy) is 1. The molecule has 2 aliphatic heterocycles. The van der Waals surface area contributed by atoms with Gasteiger partial charge in [-0.3, -0.25) is 9.89 Å². The van der Waals surface area contributed by atoms with E-state index in [-0.39, 0.29) is 11.8 Å². The molecule has 2 aliphatic rings. The standard InChI is InChI=1S/C12H18N4O2/c1-16-7-9(6-10(16)17)12-13-11(14-15-12)8-2-4-18-5-3-8/h8-9H,2-7H2,1H3,(H,13,14,15)/t9-/m0/s1. The van der Waals surface area contributed by atoms with E-state index in [2.05, 4.69) is 15.2 Å². The van der Waals surface area contributed by atoms with Crippen LogP contribution >= 0.6 is 0 Å². The first-order valence-corrected chi connectivity index (χ1v) is 6.48. The second kappa shape index (κ2) is 4.68. The summed E-state index contributed by atoms with van der Waals surface area (Å²) in [6.07, 6.45) is 2.53. The molecule has 1 aromatic heterocycles. The molecule has 1 aromatic rings. The fraction of sp³-hybridized carbons (Fsp3) is 0.750. The zero-order chi connectivity index (χ0) is 12.5. The van der Waals surface area contributed by atoms with Gasteiger partial charge in [0, 0.05) is 45.1 Å². The topological polar surface area (TPSA) is 71.1 Å². The van der Waals surface area contributed by atoms with Crippen LogP contribution in [0.1, 0.15) is 42.7 Å². The maximum Gasteiger partial charge on any atom is 0.223 e. The highest BCUT2D eigenvalue weighted by molar-refractivity contribution is 5.79. The summed E-state index contributed by atoms with van der Waals surface area (Å²) < 4.78 is 5.34. The number of nitrogens with one attached hydrogen (secondary N) is 1. The summed E-state index contributed by atoms with van der Waals surface area (Å²) in [5.41, 5.74) is 0. The van der Waals surface area contributed by atoms with E-state index in [1.165, 1.54) is 0 Å². The van der Waals surface area contributed by atoms with Crippen molar-refractivity contribution in [2.75, 3.05) is 26.8 Å². The molecule has 0 saturated carbocycles. The van der Waals surface area contributed by atoms with Crippen LogP contribution < -0.4 is 0 Å². The fourth-order valence-electron chi connectivity index (χ4n) is 2.66. The van der Waals surface area contributed by atoms with Crippen LogP contribution in [0.15, 0.2) is 0 Å². The van der Waals surface area contributed by atoms with Crippen molar-refractivity contribution in [1.29, 1.82) is 0 Å². The van der Waals surface area contributed by atoms with E-state index in [1.54, 1.807) is 4.90 Å². The van der Waals surface area contributed by atoms with Crippen molar-refractivity contribution in [2.24, 2.45) is 0 Å². The second-order valence-electron chi connectivity index (χ2n) is 5.14. The number of aromatic amines is 1. The number of likely N-dealkylation sites (N-methyl/N-ethyl adjacent to an activating group) is 1. The third-order valence-electron chi connectivity index (χ3n) is 3.83. The molecular weight excluding hydrogens is 232 g/mol. The zero-order valence-corrected chi connectivity index (χ0v) is 10.6. The van der Waals surface area contributed by atoms with E-state index in [0.717, 1.165) is 44.2 Å². The molecule has 6 heteroatoms. The first-order chi connectivity index (χ1) is 8.74. The second-order valence-corrected chi connectivity index (χ2v) is 5.14. The molecule has 98 valence electrons. The van der Waals surface area contributed by atoms with Crippen LogP contribution in [0.2, 0.25) is 0 Å². The fourth-order valence-corrected chi connectivity index (χ4v) is 2.66. The molecular formula is C12H18N4O2. The van der Waals surface area contributed by atoms with Gasteiger partial charge < -0.3 is 9.64 Å². The van der Waals surface area contributed by atoms with E-state index < -0.39 is 0 Å². The van der Waals surface area contributed by atoms with Gasteiger partial charge >= 0.3 is 0 Å². The molecule has 0 aliphatic carbocycles. The number of hydrogen-bond acceptors (Lipinski definition) is 4. The summed E-state index contributed by atoms with van der Waals surface area (Å²) in [6.45, 7) is 2.32. The Morgan fingerprint density at radius 1 is 1.33 bits per heavy atom. The summed E-state index contributed by atoms with van der Waals surface area (Å²) in [7, 11) is 1.83. The lowest BCUT2D eigenvalue weighted by Gasteiger charge is -2.19. The van der Waals surface area contributed by atoms with Gasteiger partial charge in [-0.2, -0.15) is 5.10 Å². The maximum atomic E-state index is 11.5. The maximum absolute atomic E-state index is 11.5. The van der Waals surface area contributed by atoms with Gasteiger partial charge in [0.25, 0.3) is 0 Å². The van der Waals surface area contributed by atoms with Crippen molar-refractivity contribution in [2.45, 2.75) is 31.1 Å². The molecule has 6 nitrogen and oxygen atoms in total. The number of rotatable bonds is 2. The number of hydrogen-bond donors (Lipinski definition) is 1. The van der Waals surface area contributed by atoms with Crippen molar-refractivity contribution < 1.29 is 9.53 Å². The third kappa shape index (κ3) is 2.12. The van der Waals surface area contributed by atoms with Gasteiger partial charge in [-0.05, 0) is 12.8 Å². The van der Waals surface area contributed by atoms with E-state index >= 15 is 0 Å². The smallest absolute Gasteiger partial charge is 0.223 e. The first kappa shape index (κ1) is 11.6. The van der Waals surface area contributed by atoms with Crippen molar-refractivity contribution >= 4 is 5.91 Å². The SMILES string of the molecule is CN1C[C@@H](c2n[nH]c(C3CCOCC3)n2)CC1=O. The quantitative estimate of drug-likeness (QED) is 0.836.